The van der Waals surface area contributed by atoms with Crippen LogP contribution in [0.1, 0.15) is 13.8 Å². The van der Waals surface area contributed by atoms with E-state index < -0.39 is 19.4 Å². The molecule has 0 aromatic carbocycles. The molecule has 0 amide bonds. The first-order valence-corrected chi connectivity index (χ1v) is 5.62. The molecular weight excluding hydrogens is 207 g/mol. The summed E-state index contributed by atoms with van der Waals surface area (Å²) >= 11 is 0. The maximum absolute atomic E-state index is 11.8. The summed E-state index contributed by atoms with van der Waals surface area (Å²) in [5.41, 5.74) is 0. The summed E-state index contributed by atoms with van der Waals surface area (Å²) in [4.78, 5) is 10.7. The minimum atomic E-state index is -3.39. The lowest BCUT2D eigenvalue weighted by atomic mass is 10.5. The molecule has 0 aromatic heterocycles. The second kappa shape index (κ2) is 5.96. The Morgan fingerprint density at radius 1 is 1.36 bits per heavy atom. The highest BCUT2D eigenvalue weighted by atomic mass is 31.2. The molecule has 0 bridgehead atoms. The lowest BCUT2D eigenvalue weighted by molar-refractivity contribution is -0.141. The van der Waals surface area contributed by atoms with Crippen LogP contribution in [-0.4, -0.2) is 26.0 Å². The summed E-state index contributed by atoms with van der Waals surface area (Å²) in [6.07, 6.45) is 3.06. The predicted molar refractivity (Wildman–Crippen MR) is 52.0 cm³/mol. The van der Waals surface area contributed by atoms with Crippen molar-refractivity contribution < 1.29 is 23.1 Å². The number of ether oxygens (including phenoxy) is 1. The Hall–Kier alpha value is -0.640. The lowest BCUT2D eigenvalue weighted by Crippen LogP contribution is -2.16. The smallest absolute Gasteiger partial charge is 0.374 e. The van der Waals surface area contributed by atoms with Crippen molar-refractivity contribution in [2.45, 2.75) is 19.7 Å². The van der Waals surface area contributed by atoms with E-state index in [4.69, 9.17) is 13.8 Å². The molecule has 0 heterocycles. The van der Waals surface area contributed by atoms with E-state index in [-0.39, 0.29) is 0 Å². The van der Waals surface area contributed by atoms with E-state index in [2.05, 4.69) is 0 Å². The largest absolute Gasteiger partial charge is 0.445 e. The van der Waals surface area contributed by atoms with Crippen molar-refractivity contribution in [3.63, 3.8) is 0 Å². The van der Waals surface area contributed by atoms with Gasteiger partial charge in [0.15, 0.2) is 0 Å². The van der Waals surface area contributed by atoms with Crippen molar-refractivity contribution in [3.05, 3.63) is 12.2 Å². The summed E-state index contributed by atoms with van der Waals surface area (Å²) in [5.74, 6) is -1.53. The van der Waals surface area contributed by atoms with Crippen LogP contribution in [0, 0.1) is 0 Å². The van der Waals surface area contributed by atoms with Gasteiger partial charge in [-0.25, -0.2) is 0 Å². The van der Waals surface area contributed by atoms with Gasteiger partial charge in [0.2, 0.25) is 5.85 Å². The summed E-state index contributed by atoms with van der Waals surface area (Å²) in [6, 6.07) is 0. The molecule has 14 heavy (non-hydrogen) atoms. The number of hydrogen-bond donors (Lipinski definition) is 0. The van der Waals surface area contributed by atoms with Crippen LogP contribution >= 0.6 is 7.60 Å². The van der Waals surface area contributed by atoms with Crippen LogP contribution < -0.4 is 0 Å². The Morgan fingerprint density at radius 3 is 2.14 bits per heavy atom. The molecular formula is C8H15O5P. The van der Waals surface area contributed by atoms with E-state index in [0.29, 0.717) is 0 Å². The molecule has 0 rings (SSSR count). The normalized spacial score (nSPS) is 14.3. The van der Waals surface area contributed by atoms with Gasteiger partial charge in [-0.1, -0.05) is 6.08 Å². The Morgan fingerprint density at radius 2 is 1.86 bits per heavy atom. The molecule has 0 aliphatic carbocycles. The van der Waals surface area contributed by atoms with Crippen LogP contribution in [0.3, 0.4) is 0 Å². The van der Waals surface area contributed by atoms with Gasteiger partial charge in [-0.05, 0) is 13.0 Å². The number of carbonyl (C=O) groups is 1. The van der Waals surface area contributed by atoms with Gasteiger partial charge in [0.25, 0.3) is 0 Å². The van der Waals surface area contributed by atoms with E-state index >= 15 is 0 Å². The van der Waals surface area contributed by atoms with Gasteiger partial charge >= 0.3 is 13.6 Å². The van der Waals surface area contributed by atoms with Crippen LogP contribution in [0.25, 0.3) is 0 Å². The predicted octanol–water partition coefficient (Wildman–Crippen LogP) is 1.94. The molecule has 82 valence electrons. The molecule has 0 saturated heterocycles. The number of allylic oxidation sites excluding steroid dienone is 1. The highest BCUT2D eigenvalue weighted by molar-refractivity contribution is 7.54. The topological polar surface area (TPSA) is 61.8 Å². The molecule has 0 fully saturated rings. The fourth-order valence-corrected chi connectivity index (χ4v) is 2.05. The average molecular weight is 222 g/mol. The molecule has 0 N–H and O–H groups in total. The molecule has 0 aliphatic rings. The van der Waals surface area contributed by atoms with E-state index in [1.807, 2.05) is 0 Å². The Kier molecular flexibility index (Phi) is 5.69. The quantitative estimate of drug-likeness (QED) is 0.404. The van der Waals surface area contributed by atoms with Gasteiger partial charge in [-0.3, -0.25) is 9.36 Å². The van der Waals surface area contributed by atoms with Crippen molar-refractivity contribution in [2.24, 2.45) is 0 Å². The van der Waals surface area contributed by atoms with Crippen LogP contribution in [0.4, 0.5) is 0 Å². The molecule has 5 nitrogen and oxygen atoms in total. The minimum absolute atomic E-state index is 0.539. The van der Waals surface area contributed by atoms with Gasteiger partial charge in [0.1, 0.15) is 0 Å². The summed E-state index contributed by atoms with van der Waals surface area (Å²) in [6.45, 7) is 2.94. The van der Waals surface area contributed by atoms with Gasteiger partial charge in [0.05, 0.1) is 0 Å². The zero-order valence-electron chi connectivity index (χ0n) is 8.72. The first kappa shape index (κ1) is 13.4. The number of esters is 1. The molecule has 0 spiro atoms. The standard InChI is InChI=1S/C8H15O5P/c1-5-6-8(13-7(2)9)14(10,11-3)12-4/h5-6,8H,1-4H3/b6-5+/t8-/m1/s1. The highest BCUT2D eigenvalue weighted by Gasteiger charge is 2.34. The van der Waals surface area contributed by atoms with Crippen molar-refractivity contribution in [3.8, 4) is 0 Å². The highest BCUT2D eigenvalue weighted by Crippen LogP contribution is 2.52. The van der Waals surface area contributed by atoms with Crippen LogP contribution in [0.15, 0.2) is 12.2 Å². The van der Waals surface area contributed by atoms with Crippen molar-refractivity contribution in [2.75, 3.05) is 14.2 Å². The van der Waals surface area contributed by atoms with Gasteiger partial charge in [-0.15, -0.1) is 0 Å². The van der Waals surface area contributed by atoms with E-state index in [1.54, 1.807) is 13.0 Å². The average Bonchev–Trinajstić information content (AvgIpc) is 2.15. The Balaban J connectivity index is 4.78. The van der Waals surface area contributed by atoms with E-state index in [9.17, 15) is 9.36 Å². The lowest BCUT2D eigenvalue weighted by Gasteiger charge is -2.20. The maximum atomic E-state index is 11.8. The minimum Gasteiger partial charge on any atom is -0.445 e. The van der Waals surface area contributed by atoms with Gasteiger partial charge in [0, 0.05) is 21.1 Å². The van der Waals surface area contributed by atoms with Gasteiger partial charge in [-0.2, -0.15) is 0 Å². The molecule has 0 unspecified atom stereocenters. The molecule has 0 radical (unpaired) electrons. The Bertz CT molecular complexity index is 252. The third-order valence-electron chi connectivity index (χ3n) is 1.46. The number of carbonyl (C=O) groups excluding carboxylic acids is 1. The maximum Gasteiger partial charge on any atom is 0.374 e. The summed E-state index contributed by atoms with van der Waals surface area (Å²) < 4.78 is 26.0. The molecule has 6 heteroatoms. The monoisotopic (exact) mass is 222 g/mol. The zero-order valence-corrected chi connectivity index (χ0v) is 9.61. The third-order valence-corrected chi connectivity index (χ3v) is 3.38. The fourth-order valence-electron chi connectivity index (χ4n) is 0.826. The van der Waals surface area contributed by atoms with Crippen LogP contribution in [-0.2, 0) is 23.1 Å². The number of rotatable bonds is 5. The Labute approximate surface area is 83.6 Å². The van der Waals surface area contributed by atoms with Gasteiger partial charge < -0.3 is 13.8 Å². The van der Waals surface area contributed by atoms with Crippen molar-refractivity contribution in [1.82, 2.24) is 0 Å². The van der Waals surface area contributed by atoms with Crippen molar-refractivity contribution >= 4 is 13.6 Å². The first-order chi connectivity index (χ1) is 6.50. The molecule has 0 saturated carbocycles. The summed E-state index contributed by atoms with van der Waals surface area (Å²) in [7, 11) is -0.911. The molecule has 0 aromatic rings. The fraction of sp³-hybridized carbons (Fsp3) is 0.625. The second-order valence-corrected chi connectivity index (χ2v) is 4.75. The van der Waals surface area contributed by atoms with Crippen LogP contribution in [0.5, 0.6) is 0 Å². The first-order valence-electron chi connectivity index (χ1n) is 4.01. The number of hydrogen-bond acceptors (Lipinski definition) is 5. The zero-order chi connectivity index (χ0) is 11.2. The molecule has 0 aliphatic heterocycles. The molecule has 1 atom stereocenters. The van der Waals surface area contributed by atoms with Crippen LogP contribution in [0.2, 0.25) is 0 Å². The third kappa shape index (κ3) is 3.62. The second-order valence-electron chi connectivity index (χ2n) is 2.43. The summed E-state index contributed by atoms with van der Waals surface area (Å²) in [5, 5.41) is 0. The van der Waals surface area contributed by atoms with Crippen molar-refractivity contribution in [1.29, 1.82) is 0 Å². The van der Waals surface area contributed by atoms with E-state index in [1.165, 1.54) is 27.2 Å². The SMILES string of the molecule is C/C=C/[C@H](OC(C)=O)P(=O)(OC)OC. The van der Waals surface area contributed by atoms with E-state index in [0.717, 1.165) is 0 Å².